The van der Waals surface area contributed by atoms with E-state index in [4.69, 9.17) is 11.2 Å². The summed E-state index contributed by atoms with van der Waals surface area (Å²) in [6.07, 6.45) is 4.31. The topological polar surface area (TPSA) is 68.1 Å². The van der Waals surface area contributed by atoms with Gasteiger partial charge in [0.05, 0.1) is 5.71 Å². The zero-order valence-corrected chi connectivity index (χ0v) is 8.48. The molecule has 80 valence electrons. The van der Waals surface area contributed by atoms with E-state index < -0.39 is 12.1 Å². The fraction of sp³-hybridized carbons (Fsp3) is 0.400. The largest absolute Gasteiger partial charge is 0.507 e. The summed E-state index contributed by atoms with van der Waals surface area (Å²) in [4.78, 5) is 15.9. The smallest absolute Gasteiger partial charge is 0.344 e. The van der Waals surface area contributed by atoms with E-state index in [1.54, 1.807) is 6.92 Å². The molecule has 1 rings (SSSR count). The average Bonchev–Trinajstić information content (AvgIpc) is 2.41. The van der Waals surface area contributed by atoms with Gasteiger partial charge >= 0.3 is 5.97 Å². The van der Waals surface area contributed by atoms with Crippen LogP contribution in [-0.4, -0.2) is 29.5 Å². The average molecular weight is 209 g/mol. The van der Waals surface area contributed by atoms with Crippen molar-refractivity contribution >= 4 is 11.7 Å². The molecule has 0 aliphatic carbocycles. The lowest BCUT2D eigenvalue weighted by atomic mass is 10.1. The van der Waals surface area contributed by atoms with Crippen molar-refractivity contribution in [3.05, 3.63) is 11.3 Å². The predicted molar refractivity (Wildman–Crippen MR) is 53.1 cm³/mol. The third-order valence-corrected chi connectivity index (χ3v) is 1.84. The molecule has 0 fully saturated rings. The van der Waals surface area contributed by atoms with E-state index in [9.17, 15) is 9.90 Å². The third-order valence-electron chi connectivity index (χ3n) is 1.84. The summed E-state index contributed by atoms with van der Waals surface area (Å²) in [6, 6.07) is 0. The van der Waals surface area contributed by atoms with Gasteiger partial charge in [-0.05, 0) is 13.8 Å². The van der Waals surface area contributed by atoms with Crippen molar-refractivity contribution in [2.75, 3.05) is 6.61 Å². The van der Waals surface area contributed by atoms with Crippen LogP contribution in [0.3, 0.4) is 0 Å². The van der Waals surface area contributed by atoms with E-state index in [0.717, 1.165) is 0 Å². The van der Waals surface area contributed by atoms with E-state index in [0.29, 0.717) is 0 Å². The second-order valence-corrected chi connectivity index (χ2v) is 2.96. The molecule has 15 heavy (non-hydrogen) atoms. The molecule has 1 unspecified atom stereocenters. The molecule has 5 nitrogen and oxygen atoms in total. The molecule has 1 N–H and O–H groups in total. The number of esters is 1. The molecule has 0 bridgehead atoms. The number of nitrogens with zero attached hydrogens (tertiary/aromatic N) is 1. The molecule has 1 aliphatic heterocycles. The van der Waals surface area contributed by atoms with Crippen molar-refractivity contribution in [2.45, 2.75) is 20.0 Å². The monoisotopic (exact) mass is 209 g/mol. The van der Waals surface area contributed by atoms with Gasteiger partial charge in [-0.3, -0.25) is 0 Å². The molecule has 5 heteroatoms. The van der Waals surface area contributed by atoms with Gasteiger partial charge < -0.3 is 14.7 Å². The van der Waals surface area contributed by atoms with Gasteiger partial charge in [-0.1, -0.05) is 11.1 Å². The fourth-order valence-electron chi connectivity index (χ4n) is 1.13. The highest BCUT2D eigenvalue weighted by Crippen LogP contribution is 2.21. The molecule has 0 aromatic rings. The first-order valence-corrected chi connectivity index (χ1v) is 4.32. The van der Waals surface area contributed by atoms with Crippen molar-refractivity contribution in [1.29, 1.82) is 0 Å². The Bertz CT molecular complexity index is 375. The molecular formula is C10H11NO4. The van der Waals surface area contributed by atoms with E-state index >= 15 is 0 Å². The molecule has 1 atom stereocenters. The van der Waals surface area contributed by atoms with Crippen molar-refractivity contribution in [3.63, 3.8) is 0 Å². The Labute approximate surface area is 87.4 Å². The van der Waals surface area contributed by atoms with Gasteiger partial charge in [-0.2, -0.15) is 0 Å². The fourth-order valence-corrected chi connectivity index (χ4v) is 1.13. The maximum absolute atomic E-state index is 11.3. The van der Waals surface area contributed by atoms with Crippen LogP contribution in [0.5, 0.6) is 0 Å². The van der Waals surface area contributed by atoms with Crippen molar-refractivity contribution < 1.29 is 19.5 Å². The minimum atomic E-state index is -0.634. The first-order valence-electron chi connectivity index (χ1n) is 4.32. The van der Waals surface area contributed by atoms with Crippen LogP contribution in [0.4, 0.5) is 0 Å². The van der Waals surface area contributed by atoms with E-state index in [2.05, 4.69) is 15.9 Å². The highest BCUT2D eigenvalue weighted by molar-refractivity contribution is 6.20. The Hall–Kier alpha value is -1.96. The third kappa shape index (κ3) is 2.29. The van der Waals surface area contributed by atoms with Gasteiger partial charge in [0.25, 0.3) is 0 Å². The van der Waals surface area contributed by atoms with Crippen molar-refractivity contribution in [3.8, 4) is 12.3 Å². The molecule has 0 saturated carbocycles. The summed E-state index contributed by atoms with van der Waals surface area (Å²) < 4.78 is 4.77. The van der Waals surface area contributed by atoms with Crippen LogP contribution in [0.2, 0.25) is 0 Å². The van der Waals surface area contributed by atoms with Crippen LogP contribution < -0.4 is 0 Å². The number of terminal acetylenes is 1. The summed E-state index contributed by atoms with van der Waals surface area (Å²) in [6.45, 7) is 3.10. The van der Waals surface area contributed by atoms with Crippen molar-refractivity contribution in [2.24, 2.45) is 5.16 Å². The normalized spacial score (nSPS) is 21.3. The molecule has 1 aliphatic rings. The van der Waals surface area contributed by atoms with Gasteiger partial charge in [0.15, 0.2) is 12.7 Å². The Morgan fingerprint density at radius 2 is 2.47 bits per heavy atom. The number of hydrogen-bond donors (Lipinski definition) is 1. The number of carbonyl (C=O) groups excluding carboxylic acids is 1. The number of hydrogen-bond acceptors (Lipinski definition) is 5. The van der Waals surface area contributed by atoms with Crippen LogP contribution in [0.25, 0.3) is 0 Å². The Kier molecular flexibility index (Phi) is 3.34. The van der Waals surface area contributed by atoms with Crippen LogP contribution >= 0.6 is 0 Å². The minimum Gasteiger partial charge on any atom is -0.507 e. The molecule has 0 radical (unpaired) electrons. The van der Waals surface area contributed by atoms with Gasteiger partial charge in [-0.15, -0.1) is 6.42 Å². The lowest BCUT2D eigenvalue weighted by Gasteiger charge is -1.99. The highest BCUT2D eigenvalue weighted by Gasteiger charge is 2.33. The maximum Gasteiger partial charge on any atom is 0.344 e. The van der Waals surface area contributed by atoms with Gasteiger partial charge in [-0.25, -0.2) is 4.79 Å². The SMILES string of the molecule is C#CCO/N=C(\C)C1=C(O)C(C)OC1=O. The number of cyclic esters (lactones) is 1. The summed E-state index contributed by atoms with van der Waals surface area (Å²) in [5.41, 5.74) is 0.289. The molecule has 1 heterocycles. The van der Waals surface area contributed by atoms with E-state index in [1.165, 1.54) is 6.92 Å². The number of ether oxygens (including phenoxy) is 1. The zero-order chi connectivity index (χ0) is 11.4. The standard InChI is InChI=1S/C10H11NO4/c1-4-5-14-11-6(2)8-9(12)7(3)15-10(8)13/h1,7,12H,5H2,2-3H3/b11-6+. The van der Waals surface area contributed by atoms with E-state index in [-0.39, 0.29) is 23.7 Å². The maximum atomic E-state index is 11.3. The number of rotatable bonds is 3. The number of carbonyl (C=O) groups is 1. The summed E-state index contributed by atoms with van der Waals surface area (Å²) in [7, 11) is 0. The highest BCUT2D eigenvalue weighted by atomic mass is 16.6. The zero-order valence-electron chi connectivity index (χ0n) is 8.48. The first kappa shape index (κ1) is 11.1. The van der Waals surface area contributed by atoms with Crippen LogP contribution in [0, 0.1) is 12.3 Å². The quantitative estimate of drug-likeness (QED) is 0.245. The van der Waals surface area contributed by atoms with Crippen molar-refractivity contribution in [1.82, 2.24) is 0 Å². The number of oxime groups is 1. The second-order valence-electron chi connectivity index (χ2n) is 2.96. The molecule has 0 amide bonds. The molecule has 0 saturated heterocycles. The lowest BCUT2D eigenvalue weighted by molar-refractivity contribution is -0.139. The predicted octanol–water partition coefficient (Wildman–Crippen LogP) is 0.770. The van der Waals surface area contributed by atoms with Crippen LogP contribution in [0.1, 0.15) is 13.8 Å². The summed E-state index contributed by atoms with van der Waals surface area (Å²) in [5, 5.41) is 13.1. The molecule has 0 aromatic heterocycles. The Morgan fingerprint density at radius 3 is 2.93 bits per heavy atom. The van der Waals surface area contributed by atoms with Gasteiger partial charge in [0.2, 0.25) is 0 Å². The molecule has 0 spiro atoms. The summed E-state index contributed by atoms with van der Waals surface area (Å²) in [5.74, 6) is 1.48. The van der Waals surface area contributed by atoms with Crippen LogP contribution in [0.15, 0.2) is 16.5 Å². The number of aliphatic hydroxyl groups excluding tert-OH is 1. The van der Waals surface area contributed by atoms with Crippen LogP contribution in [-0.2, 0) is 14.4 Å². The molecule has 0 aromatic carbocycles. The summed E-state index contributed by atoms with van der Waals surface area (Å²) >= 11 is 0. The minimum absolute atomic E-state index is 0.00990. The van der Waals surface area contributed by atoms with E-state index in [1.807, 2.05) is 0 Å². The Morgan fingerprint density at radius 1 is 1.80 bits per heavy atom. The first-order chi connectivity index (χ1) is 7.07. The second kappa shape index (κ2) is 4.51. The number of aliphatic hydroxyl groups is 1. The molecular weight excluding hydrogens is 198 g/mol. The lowest BCUT2D eigenvalue weighted by Crippen LogP contribution is -2.09. The van der Waals surface area contributed by atoms with Gasteiger partial charge in [0.1, 0.15) is 11.3 Å². The van der Waals surface area contributed by atoms with Gasteiger partial charge in [0, 0.05) is 0 Å². The Balaban J connectivity index is 2.84.